The lowest BCUT2D eigenvalue weighted by atomic mass is 9.97. The van der Waals surface area contributed by atoms with Gasteiger partial charge in [-0.1, -0.05) is 17.2 Å². The maximum Gasteiger partial charge on any atom is 0.342 e. The van der Waals surface area contributed by atoms with Crippen molar-refractivity contribution in [2.24, 2.45) is 0 Å². The molecule has 0 aliphatic carbocycles. The number of ether oxygens (including phenoxy) is 3. The summed E-state index contributed by atoms with van der Waals surface area (Å²) in [5.41, 5.74) is 2.17. The van der Waals surface area contributed by atoms with Crippen LogP contribution >= 0.6 is 11.6 Å². The van der Waals surface area contributed by atoms with Gasteiger partial charge in [0.05, 0.1) is 20.3 Å². The van der Waals surface area contributed by atoms with E-state index in [1.165, 1.54) is 7.11 Å². The van der Waals surface area contributed by atoms with Crippen molar-refractivity contribution in [3.63, 3.8) is 0 Å². The van der Waals surface area contributed by atoms with E-state index in [1.807, 2.05) is 6.92 Å². The minimum absolute atomic E-state index is 0.0101. The molecule has 0 radical (unpaired) electrons. The van der Waals surface area contributed by atoms with Gasteiger partial charge in [-0.2, -0.15) is 0 Å². The molecule has 0 unspecified atom stereocenters. The van der Waals surface area contributed by atoms with E-state index in [-0.39, 0.29) is 24.4 Å². The monoisotopic (exact) mass is 416 g/mol. The van der Waals surface area contributed by atoms with Crippen molar-refractivity contribution in [2.45, 2.75) is 26.7 Å². The molecule has 0 amide bonds. The SMILES string of the molecule is C=C(C)CCOc1cc(OC)cc(CC(=O)c2ccc(Cl)cc2)c1C(=O)OCC. The number of halogens is 1. The number of carbonyl (C=O) groups is 2. The van der Waals surface area contributed by atoms with E-state index in [9.17, 15) is 9.59 Å². The Bertz CT molecular complexity index is 887. The van der Waals surface area contributed by atoms with Crippen LogP contribution in [0.3, 0.4) is 0 Å². The molecule has 0 saturated heterocycles. The van der Waals surface area contributed by atoms with Crippen LogP contribution in [-0.2, 0) is 11.2 Å². The maximum absolute atomic E-state index is 12.8. The number of Topliss-reactive ketones (excluding diaryl/α,β-unsaturated/α-hetero) is 1. The van der Waals surface area contributed by atoms with Gasteiger partial charge in [0.15, 0.2) is 5.78 Å². The molecule has 0 fully saturated rings. The van der Waals surface area contributed by atoms with Crippen molar-refractivity contribution in [2.75, 3.05) is 20.3 Å². The van der Waals surface area contributed by atoms with E-state index >= 15 is 0 Å². The molecule has 154 valence electrons. The first-order valence-corrected chi connectivity index (χ1v) is 9.67. The fourth-order valence-electron chi connectivity index (χ4n) is 2.70. The molecule has 0 aromatic heterocycles. The molecule has 0 saturated carbocycles. The summed E-state index contributed by atoms with van der Waals surface area (Å²) < 4.78 is 16.4. The van der Waals surface area contributed by atoms with Crippen LogP contribution in [-0.4, -0.2) is 32.1 Å². The molecule has 29 heavy (non-hydrogen) atoms. The molecule has 0 N–H and O–H groups in total. The summed E-state index contributed by atoms with van der Waals surface area (Å²) in [5, 5.41) is 0.545. The lowest BCUT2D eigenvalue weighted by molar-refractivity contribution is 0.0520. The molecule has 6 heteroatoms. The van der Waals surface area contributed by atoms with Gasteiger partial charge >= 0.3 is 5.97 Å². The number of hydrogen-bond donors (Lipinski definition) is 0. The molecular weight excluding hydrogens is 392 g/mol. The highest BCUT2D eigenvalue weighted by Crippen LogP contribution is 2.31. The molecular formula is C23H25ClO5. The van der Waals surface area contributed by atoms with E-state index in [0.29, 0.717) is 40.7 Å². The number of methoxy groups -OCH3 is 1. The van der Waals surface area contributed by atoms with Crippen LogP contribution in [0.25, 0.3) is 0 Å². The number of hydrogen-bond acceptors (Lipinski definition) is 5. The molecule has 0 aliphatic heterocycles. The summed E-state index contributed by atoms with van der Waals surface area (Å²) in [6.07, 6.45) is 0.627. The average molecular weight is 417 g/mol. The highest BCUT2D eigenvalue weighted by molar-refractivity contribution is 6.30. The van der Waals surface area contributed by atoms with Gasteiger partial charge in [0, 0.05) is 29.5 Å². The summed E-state index contributed by atoms with van der Waals surface area (Å²) in [5.74, 6) is 0.109. The second-order valence-electron chi connectivity index (χ2n) is 6.54. The molecule has 0 bridgehead atoms. The predicted molar refractivity (Wildman–Crippen MR) is 113 cm³/mol. The standard InChI is InChI=1S/C23H25ClO5/c1-5-28-23(26)22-17(13-20(25)16-6-8-18(24)9-7-16)12-19(27-4)14-21(22)29-11-10-15(2)3/h6-9,12,14H,2,5,10-11,13H2,1,3-4H3. The molecule has 0 heterocycles. The normalized spacial score (nSPS) is 10.3. The average Bonchev–Trinajstić information content (AvgIpc) is 2.68. The summed E-state index contributed by atoms with van der Waals surface area (Å²) in [6, 6.07) is 9.89. The van der Waals surface area contributed by atoms with Crippen LogP contribution in [0.4, 0.5) is 0 Å². The summed E-state index contributed by atoms with van der Waals surface area (Å²) in [7, 11) is 1.52. The second kappa shape index (κ2) is 10.7. The maximum atomic E-state index is 12.8. The summed E-state index contributed by atoms with van der Waals surface area (Å²) >= 11 is 5.90. The quantitative estimate of drug-likeness (QED) is 0.299. The number of benzene rings is 2. The van der Waals surface area contributed by atoms with E-state index in [1.54, 1.807) is 43.3 Å². The van der Waals surface area contributed by atoms with E-state index in [2.05, 4.69) is 6.58 Å². The molecule has 5 nitrogen and oxygen atoms in total. The predicted octanol–water partition coefficient (Wildman–Crippen LogP) is 5.30. The highest BCUT2D eigenvalue weighted by atomic mass is 35.5. The van der Waals surface area contributed by atoms with Gasteiger partial charge in [0.25, 0.3) is 0 Å². The van der Waals surface area contributed by atoms with Crippen LogP contribution in [0.15, 0.2) is 48.6 Å². The Kier molecular flexibility index (Phi) is 8.28. The van der Waals surface area contributed by atoms with Crippen LogP contribution in [0.1, 0.15) is 46.5 Å². The van der Waals surface area contributed by atoms with Gasteiger partial charge < -0.3 is 14.2 Å². The lowest BCUT2D eigenvalue weighted by Crippen LogP contribution is -2.15. The van der Waals surface area contributed by atoms with Crippen LogP contribution in [0, 0.1) is 0 Å². The summed E-state index contributed by atoms with van der Waals surface area (Å²) in [4.78, 5) is 25.4. The molecule has 2 aromatic rings. The van der Waals surface area contributed by atoms with E-state index in [4.69, 9.17) is 25.8 Å². The topological polar surface area (TPSA) is 61.8 Å². The van der Waals surface area contributed by atoms with Crippen LogP contribution in [0.2, 0.25) is 5.02 Å². The van der Waals surface area contributed by atoms with E-state index < -0.39 is 5.97 Å². The number of rotatable bonds is 10. The molecule has 0 atom stereocenters. The van der Waals surface area contributed by atoms with Crippen LogP contribution in [0.5, 0.6) is 11.5 Å². The third-order valence-electron chi connectivity index (χ3n) is 4.18. The zero-order valence-electron chi connectivity index (χ0n) is 16.9. The third-order valence-corrected chi connectivity index (χ3v) is 4.43. The first kappa shape index (κ1) is 22.5. The smallest absolute Gasteiger partial charge is 0.342 e. The van der Waals surface area contributed by atoms with Crippen molar-refractivity contribution in [3.8, 4) is 11.5 Å². The van der Waals surface area contributed by atoms with Crippen molar-refractivity contribution < 1.29 is 23.8 Å². The number of carbonyl (C=O) groups excluding carboxylic acids is 2. The largest absolute Gasteiger partial charge is 0.497 e. The Hall–Kier alpha value is -2.79. The Morgan fingerprint density at radius 1 is 1.14 bits per heavy atom. The Balaban J connectivity index is 2.43. The minimum Gasteiger partial charge on any atom is -0.497 e. The third kappa shape index (κ3) is 6.36. The molecule has 0 aliphatic rings. The Morgan fingerprint density at radius 2 is 1.83 bits per heavy atom. The number of esters is 1. The number of ketones is 1. The van der Waals surface area contributed by atoms with Gasteiger partial charge in [-0.15, -0.1) is 6.58 Å². The van der Waals surface area contributed by atoms with Crippen molar-refractivity contribution >= 4 is 23.4 Å². The second-order valence-corrected chi connectivity index (χ2v) is 6.98. The zero-order valence-corrected chi connectivity index (χ0v) is 17.7. The fourth-order valence-corrected chi connectivity index (χ4v) is 2.82. The van der Waals surface area contributed by atoms with Crippen LogP contribution < -0.4 is 9.47 Å². The lowest BCUT2D eigenvalue weighted by Gasteiger charge is -2.16. The van der Waals surface area contributed by atoms with Gasteiger partial charge in [-0.25, -0.2) is 4.79 Å². The van der Waals surface area contributed by atoms with Crippen molar-refractivity contribution in [3.05, 3.63) is 70.3 Å². The van der Waals surface area contributed by atoms with Crippen molar-refractivity contribution in [1.29, 1.82) is 0 Å². The molecule has 2 rings (SSSR count). The van der Waals surface area contributed by atoms with Crippen molar-refractivity contribution in [1.82, 2.24) is 0 Å². The summed E-state index contributed by atoms with van der Waals surface area (Å²) in [6.45, 7) is 8.03. The minimum atomic E-state index is -0.542. The molecule has 0 spiro atoms. The van der Waals surface area contributed by atoms with Gasteiger partial charge in [-0.3, -0.25) is 4.79 Å². The highest BCUT2D eigenvalue weighted by Gasteiger charge is 2.23. The van der Waals surface area contributed by atoms with Gasteiger partial charge in [-0.05, 0) is 49.7 Å². The fraction of sp³-hybridized carbons (Fsp3) is 0.304. The molecule has 2 aromatic carbocycles. The zero-order chi connectivity index (χ0) is 21.4. The van der Waals surface area contributed by atoms with Gasteiger partial charge in [0.1, 0.15) is 17.1 Å². The van der Waals surface area contributed by atoms with Gasteiger partial charge in [0.2, 0.25) is 0 Å². The van der Waals surface area contributed by atoms with E-state index in [0.717, 1.165) is 5.57 Å². The Morgan fingerprint density at radius 3 is 2.41 bits per heavy atom. The Labute approximate surface area is 176 Å². The first-order valence-electron chi connectivity index (χ1n) is 9.29. The first-order chi connectivity index (χ1) is 13.8.